The average molecular weight is 433 g/mol. The van der Waals surface area contributed by atoms with Crippen LogP contribution in [0.15, 0.2) is 35.1 Å². The van der Waals surface area contributed by atoms with Crippen molar-refractivity contribution in [3.8, 4) is 11.5 Å². The number of allylic oxidation sites excluding steroid dienone is 1. The van der Waals surface area contributed by atoms with Gasteiger partial charge in [0.15, 0.2) is 5.75 Å². The van der Waals surface area contributed by atoms with Gasteiger partial charge in [-0.3, -0.25) is 19.5 Å². The number of aromatic hydroxyl groups is 1. The first kappa shape index (κ1) is 20.4. The van der Waals surface area contributed by atoms with Gasteiger partial charge in [-0.2, -0.15) is 13.2 Å². The highest BCUT2D eigenvalue weighted by Gasteiger charge is 2.31. The molecular formula is C20H14F3N3O5. The van der Waals surface area contributed by atoms with E-state index < -0.39 is 33.7 Å². The van der Waals surface area contributed by atoms with E-state index in [9.17, 15) is 33.2 Å². The van der Waals surface area contributed by atoms with Crippen molar-refractivity contribution in [1.29, 1.82) is 0 Å². The minimum atomic E-state index is -4.58. The van der Waals surface area contributed by atoms with Crippen LogP contribution < -0.4 is 10.3 Å². The molecule has 0 spiro atoms. The number of nitrogens with zero attached hydrogens (tertiary/aromatic N) is 3. The lowest BCUT2D eigenvalue weighted by atomic mass is 10.1. The average Bonchev–Trinajstić information content (AvgIpc) is 3.10. The van der Waals surface area contributed by atoms with Gasteiger partial charge in [-0.15, -0.1) is 0 Å². The molecule has 0 saturated heterocycles. The summed E-state index contributed by atoms with van der Waals surface area (Å²) in [6.45, 7) is 0.265. The summed E-state index contributed by atoms with van der Waals surface area (Å²) in [5.74, 6) is -0.550. The molecule has 31 heavy (non-hydrogen) atoms. The van der Waals surface area contributed by atoms with E-state index in [-0.39, 0.29) is 29.0 Å². The van der Waals surface area contributed by atoms with Crippen molar-refractivity contribution >= 4 is 28.2 Å². The smallest absolute Gasteiger partial charge is 0.416 e. The lowest BCUT2D eigenvalue weighted by molar-refractivity contribution is -0.386. The van der Waals surface area contributed by atoms with E-state index in [4.69, 9.17) is 4.74 Å². The molecule has 0 fully saturated rings. The lowest BCUT2D eigenvalue weighted by Crippen LogP contribution is -2.21. The summed E-state index contributed by atoms with van der Waals surface area (Å²) in [5.41, 5.74) is -1.22. The second-order valence-corrected chi connectivity index (χ2v) is 6.89. The Morgan fingerprint density at radius 1 is 1.29 bits per heavy atom. The molecule has 3 aromatic rings. The Morgan fingerprint density at radius 2 is 2.03 bits per heavy atom. The van der Waals surface area contributed by atoms with Gasteiger partial charge in [0, 0.05) is 12.6 Å². The predicted molar refractivity (Wildman–Crippen MR) is 105 cm³/mol. The predicted octanol–water partition coefficient (Wildman–Crippen LogP) is 3.98. The number of rotatable bonds is 3. The molecule has 11 heteroatoms. The Hall–Kier alpha value is -3.89. The molecule has 4 rings (SSSR count). The summed E-state index contributed by atoms with van der Waals surface area (Å²) >= 11 is 0. The van der Waals surface area contributed by atoms with Crippen molar-refractivity contribution in [3.63, 3.8) is 0 Å². The quantitative estimate of drug-likeness (QED) is 0.495. The fourth-order valence-corrected chi connectivity index (χ4v) is 3.52. The highest BCUT2D eigenvalue weighted by Crippen LogP contribution is 2.38. The SMILES string of the molecule is COc1cc(/C=C2\CCn3c2nc2cc(C(F)(F)F)ccc2c3=O)cc([N+](=O)[O-])c1O. The van der Waals surface area contributed by atoms with Gasteiger partial charge >= 0.3 is 11.9 Å². The molecule has 2 aromatic carbocycles. The summed E-state index contributed by atoms with van der Waals surface area (Å²) in [4.78, 5) is 27.4. The topological polar surface area (TPSA) is 107 Å². The number of methoxy groups -OCH3 is 1. The van der Waals surface area contributed by atoms with Gasteiger partial charge in [0.1, 0.15) is 5.82 Å². The number of hydrogen-bond donors (Lipinski definition) is 1. The van der Waals surface area contributed by atoms with Crippen LogP contribution in [0.5, 0.6) is 11.5 Å². The highest BCUT2D eigenvalue weighted by molar-refractivity contribution is 5.86. The summed E-state index contributed by atoms with van der Waals surface area (Å²) in [6, 6.07) is 5.28. The van der Waals surface area contributed by atoms with Gasteiger partial charge in [0.2, 0.25) is 5.75 Å². The number of phenols is 1. The molecule has 0 unspecified atom stereocenters. The lowest BCUT2D eigenvalue weighted by Gasteiger charge is -2.10. The molecule has 0 aliphatic carbocycles. The van der Waals surface area contributed by atoms with Crippen LogP contribution in [-0.2, 0) is 12.7 Å². The highest BCUT2D eigenvalue weighted by atomic mass is 19.4. The number of halogens is 3. The Morgan fingerprint density at radius 3 is 2.68 bits per heavy atom. The zero-order chi connectivity index (χ0) is 22.5. The minimum Gasteiger partial charge on any atom is -0.500 e. The van der Waals surface area contributed by atoms with Crippen molar-refractivity contribution in [3.05, 3.63) is 67.8 Å². The second-order valence-electron chi connectivity index (χ2n) is 6.89. The largest absolute Gasteiger partial charge is 0.500 e. The fourth-order valence-electron chi connectivity index (χ4n) is 3.52. The molecule has 2 heterocycles. The Labute approximate surface area is 172 Å². The zero-order valence-electron chi connectivity index (χ0n) is 15.9. The van der Waals surface area contributed by atoms with Crippen molar-refractivity contribution in [2.75, 3.05) is 7.11 Å². The van der Waals surface area contributed by atoms with Crippen molar-refractivity contribution < 1.29 is 27.9 Å². The number of nitro benzene ring substituents is 1. The number of aromatic nitrogens is 2. The maximum absolute atomic E-state index is 13.1. The summed E-state index contributed by atoms with van der Waals surface area (Å²) in [6.07, 6.45) is -2.70. The molecule has 0 radical (unpaired) electrons. The van der Waals surface area contributed by atoms with E-state index in [0.717, 1.165) is 24.3 Å². The summed E-state index contributed by atoms with van der Waals surface area (Å²) in [7, 11) is 1.24. The van der Waals surface area contributed by atoms with Crippen LogP contribution in [-0.4, -0.2) is 26.7 Å². The first-order valence-corrected chi connectivity index (χ1v) is 8.98. The van der Waals surface area contributed by atoms with E-state index in [1.54, 1.807) is 0 Å². The molecule has 1 aliphatic rings. The van der Waals surface area contributed by atoms with Gasteiger partial charge < -0.3 is 9.84 Å². The minimum absolute atomic E-state index is 0.0694. The normalized spacial score (nSPS) is 14.8. The molecule has 1 aliphatic heterocycles. The standard InChI is InChI=1S/C20H14F3N3O5/c1-31-16-8-10(7-15(17(16)27)26(29)30)6-11-4-5-25-18(11)24-14-9-12(20(21,22)23)2-3-13(14)19(25)28/h2-3,6-9,27H,4-5H2,1H3/b11-6+. The number of ether oxygens (including phenoxy) is 1. The molecule has 160 valence electrons. The Bertz CT molecular complexity index is 1330. The molecule has 1 N–H and O–H groups in total. The maximum atomic E-state index is 13.1. The van der Waals surface area contributed by atoms with Crippen LogP contribution in [0.3, 0.4) is 0 Å². The van der Waals surface area contributed by atoms with Crippen LogP contribution in [0.4, 0.5) is 18.9 Å². The number of nitro groups is 1. The van der Waals surface area contributed by atoms with Gasteiger partial charge in [-0.05, 0) is 47.9 Å². The van der Waals surface area contributed by atoms with Crippen LogP contribution in [0.2, 0.25) is 0 Å². The number of benzene rings is 2. The monoisotopic (exact) mass is 433 g/mol. The van der Waals surface area contributed by atoms with E-state index in [0.29, 0.717) is 17.6 Å². The van der Waals surface area contributed by atoms with Gasteiger partial charge in [-0.25, -0.2) is 4.98 Å². The molecule has 0 amide bonds. The van der Waals surface area contributed by atoms with Crippen LogP contribution in [0.1, 0.15) is 23.4 Å². The van der Waals surface area contributed by atoms with Crippen LogP contribution >= 0.6 is 0 Å². The Kier molecular flexibility index (Phi) is 4.68. The Balaban J connectivity index is 1.88. The van der Waals surface area contributed by atoms with E-state index in [2.05, 4.69) is 4.98 Å². The van der Waals surface area contributed by atoms with Crippen molar-refractivity contribution in [2.24, 2.45) is 0 Å². The number of alkyl halides is 3. The third-order valence-corrected chi connectivity index (χ3v) is 5.01. The summed E-state index contributed by atoms with van der Waals surface area (Å²) < 4.78 is 45.5. The fraction of sp³-hybridized carbons (Fsp3) is 0.200. The molecule has 0 bridgehead atoms. The van der Waals surface area contributed by atoms with Gasteiger partial charge in [0.25, 0.3) is 5.56 Å². The second kappa shape index (κ2) is 7.11. The molecule has 0 saturated carbocycles. The van der Waals surface area contributed by atoms with E-state index >= 15 is 0 Å². The van der Waals surface area contributed by atoms with Gasteiger partial charge in [0.05, 0.1) is 28.5 Å². The van der Waals surface area contributed by atoms with Crippen molar-refractivity contribution in [1.82, 2.24) is 9.55 Å². The van der Waals surface area contributed by atoms with Crippen LogP contribution in [0, 0.1) is 10.1 Å². The zero-order valence-corrected chi connectivity index (χ0v) is 15.9. The third-order valence-electron chi connectivity index (χ3n) is 5.01. The third kappa shape index (κ3) is 3.47. The molecule has 1 aromatic heterocycles. The van der Waals surface area contributed by atoms with Gasteiger partial charge in [-0.1, -0.05) is 0 Å². The number of hydrogen-bond acceptors (Lipinski definition) is 6. The summed E-state index contributed by atoms with van der Waals surface area (Å²) in [5, 5.41) is 21.2. The van der Waals surface area contributed by atoms with Crippen molar-refractivity contribution in [2.45, 2.75) is 19.1 Å². The molecular weight excluding hydrogens is 419 g/mol. The molecule has 8 nitrogen and oxygen atoms in total. The molecule has 0 atom stereocenters. The number of phenolic OH excluding ortho intramolecular Hbond substituents is 1. The van der Waals surface area contributed by atoms with E-state index in [1.807, 2.05) is 0 Å². The van der Waals surface area contributed by atoms with Crippen LogP contribution in [0.25, 0.3) is 22.6 Å². The first-order valence-electron chi connectivity index (χ1n) is 8.98. The maximum Gasteiger partial charge on any atom is 0.416 e. The first-order chi connectivity index (χ1) is 14.6. The number of fused-ring (bicyclic) bond motifs is 2. The van der Waals surface area contributed by atoms with E-state index in [1.165, 1.54) is 23.8 Å².